The van der Waals surface area contributed by atoms with E-state index in [2.05, 4.69) is 10.5 Å². The summed E-state index contributed by atoms with van der Waals surface area (Å²) in [7, 11) is 0. The first-order chi connectivity index (χ1) is 12.0. The Morgan fingerprint density at radius 3 is 2.32 bits per heavy atom. The maximum atomic E-state index is 12.1. The smallest absolute Gasteiger partial charge is 0.280 e. The van der Waals surface area contributed by atoms with Gasteiger partial charge in [-0.25, -0.2) is 5.43 Å². The molecule has 0 aliphatic heterocycles. The van der Waals surface area contributed by atoms with Crippen molar-refractivity contribution < 1.29 is 14.3 Å². The first-order valence-corrected chi connectivity index (χ1v) is 8.09. The number of hydrogen-bond donors (Lipinski definition) is 2. The third kappa shape index (κ3) is 5.53. The third-order valence-corrected chi connectivity index (χ3v) is 3.48. The Hall–Kier alpha value is -3.02. The van der Waals surface area contributed by atoms with E-state index in [4.69, 9.17) is 15.2 Å². The molecule has 1 atom stereocenters. The Morgan fingerprint density at radius 2 is 1.72 bits per heavy atom. The lowest BCUT2D eigenvalue weighted by Crippen LogP contribution is -2.33. The molecule has 0 fully saturated rings. The molecule has 0 aliphatic rings. The lowest BCUT2D eigenvalue weighted by Gasteiger charge is -2.13. The molecule has 132 valence electrons. The number of benzene rings is 2. The minimum absolute atomic E-state index is 0.330. The number of nitrogens with two attached hydrogens (primary N) is 1. The van der Waals surface area contributed by atoms with Gasteiger partial charge in [0, 0.05) is 5.69 Å². The van der Waals surface area contributed by atoms with E-state index in [-0.39, 0.29) is 5.91 Å². The summed E-state index contributed by atoms with van der Waals surface area (Å²) in [6.07, 6.45) is -0.680. The zero-order chi connectivity index (χ0) is 18.2. The summed E-state index contributed by atoms with van der Waals surface area (Å²) >= 11 is 0. The van der Waals surface area contributed by atoms with E-state index >= 15 is 0 Å². The Morgan fingerprint density at radius 1 is 1.12 bits per heavy atom. The number of nitrogen functional groups attached to an aromatic ring is 1. The number of hydrazone groups is 1. The SMILES string of the molecule is CCOc1ccc(O[C@H](C)C(=O)N/N=C(/C)c2ccc(N)cc2)cc1. The van der Waals surface area contributed by atoms with Gasteiger partial charge >= 0.3 is 0 Å². The zero-order valence-corrected chi connectivity index (χ0v) is 14.7. The van der Waals surface area contributed by atoms with Gasteiger partial charge in [-0.2, -0.15) is 5.10 Å². The molecule has 0 saturated heterocycles. The molecule has 0 heterocycles. The van der Waals surface area contributed by atoms with Crippen molar-refractivity contribution in [2.45, 2.75) is 26.9 Å². The molecule has 2 aromatic carbocycles. The standard InChI is InChI=1S/C19H23N3O3/c1-4-24-17-9-11-18(12-10-17)25-14(3)19(23)22-21-13(2)15-5-7-16(20)8-6-15/h5-12,14H,4,20H2,1-3H3,(H,22,23)/b21-13-/t14-/m1/s1. The average molecular weight is 341 g/mol. The van der Waals surface area contributed by atoms with E-state index in [0.29, 0.717) is 23.8 Å². The summed E-state index contributed by atoms with van der Waals surface area (Å²) in [6, 6.07) is 14.4. The number of amides is 1. The van der Waals surface area contributed by atoms with Crippen LogP contribution in [0.15, 0.2) is 53.6 Å². The number of carbonyl (C=O) groups is 1. The van der Waals surface area contributed by atoms with Gasteiger partial charge in [-0.05, 0) is 62.7 Å². The molecule has 25 heavy (non-hydrogen) atoms. The molecule has 2 rings (SSSR count). The number of hydrogen-bond acceptors (Lipinski definition) is 5. The molecule has 0 unspecified atom stereocenters. The van der Waals surface area contributed by atoms with Crippen LogP contribution in [0.5, 0.6) is 11.5 Å². The van der Waals surface area contributed by atoms with E-state index in [1.165, 1.54) is 0 Å². The Bertz CT molecular complexity index is 725. The lowest BCUT2D eigenvalue weighted by atomic mass is 10.1. The number of carbonyl (C=O) groups excluding carboxylic acids is 1. The summed E-state index contributed by atoms with van der Waals surface area (Å²) in [5, 5.41) is 4.10. The van der Waals surface area contributed by atoms with Gasteiger partial charge in [-0.3, -0.25) is 4.79 Å². The average Bonchev–Trinajstić information content (AvgIpc) is 2.61. The van der Waals surface area contributed by atoms with Crippen molar-refractivity contribution in [1.82, 2.24) is 5.43 Å². The Balaban J connectivity index is 1.91. The number of nitrogens with one attached hydrogen (secondary N) is 1. The molecule has 0 spiro atoms. The second-order valence-corrected chi connectivity index (χ2v) is 5.46. The lowest BCUT2D eigenvalue weighted by molar-refractivity contribution is -0.127. The van der Waals surface area contributed by atoms with Crippen LogP contribution in [-0.2, 0) is 4.79 Å². The van der Waals surface area contributed by atoms with Crippen molar-refractivity contribution in [3.63, 3.8) is 0 Å². The first-order valence-electron chi connectivity index (χ1n) is 8.09. The maximum Gasteiger partial charge on any atom is 0.280 e. The normalized spacial score (nSPS) is 12.4. The number of ether oxygens (including phenoxy) is 2. The highest BCUT2D eigenvalue weighted by Gasteiger charge is 2.14. The molecule has 3 N–H and O–H groups in total. The highest BCUT2D eigenvalue weighted by Crippen LogP contribution is 2.18. The van der Waals surface area contributed by atoms with E-state index in [1.54, 1.807) is 43.3 Å². The van der Waals surface area contributed by atoms with Crippen molar-refractivity contribution >= 4 is 17.3 Å². The molecule has 2 aromatic rings. The largest absolute Gasteiger partial charge is 0.494 e. The van der Waals surface area contributed by atoms with Crippen LogP contribution in [0.1, 0.15) is 26.3 Å². The number of rotatable bonds is 7. The molecule has 6 nitrogen and oxygen atoms in total. The van der Waals surface area contributed by atoms with E-state index in [9.17, 15) is 4.79 Å². The second kappa shape index (κ2) is 8.73. The molecular formula is C19H23N3O3. The Labute approximate surface area is 147 Å². The highest BCUT2D eigenvalue weighted by atomic mass is 16.5. The predicted molar refractivity (Wildman–Crippen MR) is 98.9 cm³/mol. The van der Waals surface area contributed by atoms with Crippen LogP contribution in [0, 0.1) is 0 Å². The molecule has 0 aliphatic carbocycles. The third-order valence-electron chi connectivity index (χ3n) is 3.48. The maximum absolute atomic E-state index is 12.1. The van der Waals surface area contributed by atoms with Crippen LogP contribution in [-0.4, -0.2) is 24.3 Å². The van der Waals surface area contributed by atoms with Gasteiger partial charge in [0.05, 0.1) is 12.3 Å². The van der Waals surface area contributed by atoms with Crippen molar-refractivity contribution in [2.75, 3.05) is 12.3 Å². The van der Waals surface area contributed by atoms with Crippen molar-refractivity contribution in [1.29, 1.82) is 0 Å². The molecule has 0 aromatic heterocycles. The van der Waals surface area contributed by atoms with Crippen LogP contribution in [0.4, 0.5) is 5.69 Å². The summed E-state index contributed by atoms with van der Waals surface area (Å²) in [6.45, 7) is 6.00. The fraction of sp³-hybridized carbons (Fsp3) is 0.263. The molecule has 0 bridgehead atoms. The monoisotopic (exact) mass is 341 g/mol. The second-order valence-electron chi connectivity index (χ2n) is 5.46. The number of nitrogens with zero attached hydrogens (tertiary/aromatic N) is 1. The van der Waals surface area contributed by atoms with Gasteiger partial charge in [-0.15, -0.1) is 0 Å². The quantitative estimate of drug-likeness (QED) is 0.460. The van der Waals surface area contributed by atoms with Crippen LogP contribution >= 0.6 is 0 Å². The van der Waals surface area contributed by atoms with Crippen molar-refractivity contribution in [3.05, 3.63) is 54.1 Å². The highest BCUT2D eigenvalue weighted by molar-refractivity contribution is 5.99. The van der Waals surface area contributed by atoms with E-state index in [1.807, 2.05) is 26.0 Å². The number of anilines is 1. The van der Waals surface area contributed by atoms with E-state index in [0.717, 1.165) is 11.3 Å². The molecule has 0 radical (unpaired) electrons. The minimum atomic E-state index is -0.680. The zero-order valence-electron chi connectivity index (χ0n) is 14.7. The topological polar surface area (TPSA) is 85.9 Å². The summed E-state index contributed by atoms with van der Waals surface area (Å²) in [5.41, 5.74) is 10.4. The van der Waals surface area contributed by atoms with Crippen LogP contribution in [0.25, 0.3) is 0 Å². The summed E-state index contributed by atoms with van der Waals surface area (Å²) in [4.78, 5) is 12.1. The van der Waals surface area contributed by atoms with Crippen LogP contribution < -0.4 is 20.6 Å². The molecule has 6 heteroatoms. The predicted octanol–water partition coefficient (Wildman–Crippen LogP) is 2.98. The van der Waals surface area contributed by atoms with Crippen LogP contribution in [0.2, 0.25) is 0 Å². The molecular weight excluding hydrogens is 318 g/mol. The van der Waals surface area contributed by atoms with Gasteiger partial charge < -0.3 is 15.2 Å². The van der Waals surface area contributed by atoms with Gasteiger partial charge in [0.15, 0.2) is 6.10 Å². The van der Waals surface area contributed by atoms with Crippen molar-refractivity contribution in [2.24, 2.45) is 5.10 Å². The summed E-state index contributed by atoms with van der Waals surface area (Å²) in [5.74, 6) is 1.02. The van der Waals surface area contributed by atoms with Gasteiger partial charge in [0.2, 0.25) is 0 Å². The van der Waals surface area contributed by atoms with E-state index < -0.39 is 6.10 Å². The molecule has 1 amide bonds. The van der Waals surface area contributed by atoms with Gasteiger partial charge in [0.1, 0.15) is 11.5 Å². The van der Waals surface area contributed by atoms with Gasteiger partial charge in [0.25, 0.3) is 5.91 Å². The fourth-order valence-electron chi connectivity index (χ4n) is 2.06. The summed E-state index contributed by atoms with van der Waals surface area (Å²) < 4.78 is 11.0. The Kier molecular flexibility index (Phi) is 6.39. The fourth-order valence-corrected chi connectivity index (χ4v) is 2.06. The van der Waals surface area contributed by atoms with Crippen molar-refractivity contribution in [3.8, 4) is 11.5 Å². The van der Waals surface area contributed by atoms with Crippen LogP contribution in [0.3, 0.4) is 0 Å². The molecule has 0 saturated carbocycles. The van der Waals surface area contributed by atoms with Gasteiger partial charge in [-0.1, -0.05) is 12.1 Å². The first kappa shape index (κ1) is 18.3. The minimum Gasteiger partial charge on any atom is -0.494 e.